The molecular weight excluding hydrogens is 204 g/mol. The molecule has 0 heteroatoms. The van der Waals surface area contributed by atoms with Crippen LogP contribution in [-0.4, -0.2) is 0 Å². The smallest absolute Gasteiger partial charge is 0.0230 e. The zero-order valence-corrected chi connectivity index (χ0v) is 11.3. The molecule has 0 N–H and O–H groups in total. The van der Waals surface area contributed by atoms with Gasteiger partial charge < -0.3 is 0 Å². The maximum absolute atomic E-state index is 4.17. The van der Waals surface area contributed by atoms with Crippen molar-refractivity contribution in [3.63, 3.8) is 0 Å². The monoisotopic (exact) mass is 230 g/mol. The first kappa shape index (κ1) is 14.0. The molecule has 0 saturated carbocycles. The van der Waals surface area contributed by atoms with Crippen molar-refractivity contribution in [1.82, 2.24) is 0 Å². The summed E-state index contributed by atoms with van der Waals surface area (Å²) in [5.74, 6) is 0. The fraction of sp³-hybridized carbons (Fsp3) is 0.529. The van der Waals surface area contributed by atoms with Gasteiger partial charge in [0, 0.05) is 0 Å². The highest BCUT2D eigenvalue weighted by molar-refractivity contribution is 5.62. The maximum Gasteiger partial charge on any atom is -0.0230 e. The summed E-state index contributed by atoms with van der Waals surface area (Å²) >= 11 is 0. The van der Waals surface area contributed by atoms with Gasteiger partial charge in [-0.2, -0.15) is 0 Å². The van der Waals surface area contributed by atoms with Gasteiger partial charge in [-0.1, -0.05) is 82.4 Å². The van der Waals surface area contributed by atoms with E-state index >= 15 is 0 Å². The molecule has 0 heterocycles. The number of unbranched alkanes of at least 4 members (excludes halogenated alkanes) is 6. The molecule has 0 radical (unpaired) electrons. The minimum absolute atomic E-state index is 1.15. The number of hydrogen-bond acceptors (Lipinski definition) is 0. The molecule has 0 bridgehead atoms. The summed E-state index contributed by atoms with van der Waals surface area (Å²) in [4.78, 5) is 0. The van der Waals surface area contributed by atoms with E-state index in [0.29, 0.717) is 0 Å². The highest BCUT2D eigenvalue weighted by Gasteiger charge is 1.97. The Morgan fingerprint density at radius 2 is 1.47 bits per heavy atom. The Hall–Kier alpha value is -1.04. The van der Waals surface area contributed by atoms with Gasteiger partial charge >= 0.3 is 0 Å². The third kappa shape index (κ3) is 6.31. The van der Waals surface area contributed by atoms with E-state index in [1.807, 2.05) is 0 Å². The molecule has 1 aromatic carbocycles. The average molecular weight is 230 g/mol. The molecule has 94 valence electrons. The molecule has 0 atom stereocenters. The summed E-state index contributed by atoms with van der Waals surface area (Å²) in [6.07, 6.45) is 10.7. The van der Waals surface area contributed by atoms with Crippen LogP contribution in [0.5, 0.6) is 0 Å². The van der Waals surface area contributed by atoms with Crippen LogP contribution >= 0.6 is 0 Å². The van der Waals surface area contributed by atoms with Crippen LogP contribution in [0.2, 0.25) is 0 Å². The summed E-state index contributed by atoms with van der Waals surface area (Å²) < 4.78 is 0. The van der Waals surface area contributed by atoms with Gasteiger partial charge in [0.05, 0.1) is 0 Å². The number of benzene rings is 1. The lowest BCUT2D eigenvalue weighted by molar-refractivity contribution is 0.594. The van der Waals surface area contributed by atoms with Crippen molar-refractivity contribution in [2.75, 3.05) is 0 Å². The second-order valence-corrected chi connectivity index (χ2v) is 4.84. The summed E-state index contributed by atoms with van der Waals surface area (Å²) in [5.41, 5.74) is 2.60. The highest BCUT2D eigenvalue weighted by atomic mass is 14.0. The van der Waals surface area contributed by atoms with E-state index in [2.05, 4.69) is 43.8 Å². The molecule has 0 amide bonds. The molecule has 0 aliphatic heterocycles. The molecule has 0 aliphatic rings. The Morgan fingerprint density at radius 1 is 0.882 bits per heavy atom. The predicted molar refractivity (Wildman–Crippen MR) is 78.1 cm³/mol. The van der Waals surface area contributed by atoms with Crippen LogP contribution in [-0.2, 0) is 0 Å². The van der Waals surface area contributed by atoms with Gasteiger partial charge in [-0.15, -0.1) is 0 Å². The summed E-state index contributed by atoms with van der Waals surface area (Å²) in [6.45, 7) is 6.44. The first-order valence-electron chi connectivity index (χ1n) is 7.07. The van der Waals surface area contributed by atoms with Crippen LogP contribution in [0.25, 0.3) is 5.57 Å². The molecule has 0 saturated heterocycles. The predicted octanol–water partition coefficient (Wildman–Crippen LogP) is 5.84. The Labute approximate surface area is 107 Å². The van der Waals surface area contributed by atoms with E-state index in [1.54, 1.807) is 0 Å². The zero-order chi connectivity index (χ0) is 12.3. The van der Waals surface area contributed by atoms with Crippen LogP contribution in [0.1, 0.15) is 63.9 Å². The van der Waals surface area contributed by atoms with E-state index in [1.165, 1.54) is 56.1 Å². The van der Waals surface area contributed by atoms with Crippen LogP contribution in [0, 0.1) is 0 Å². The molecule has 0 spiro atoms. The minimum atomic E-state index is 1.15. The summed E-state index contributed by atoms with van der Waals surface area (Å²) in [7, 11) is 0. The molecule has 1 rings (SSSR count). The lowest BCUT2D eigenvalue weighted by Crippen LogP contribution is -1.84. The van der Waals surface area contributed by atoms with Crippen molar-refractivity contribution in [2.45, 2.75) is 58.3 Å². The zero-order valence-electron chi connectivity index (χ0n) is 11.3. The maximum atomic E-state index is 4.17. The van der Waals surface area contributed by atoms with Crippen molar-refractivity contribution in [2.24, 2.45) is 0 Å². The van der Waals surface area contributed by atoms with Crippen molar-refractivity contribution in [3.05, 3.63) is 42.5 Å². The summed E-state index contributed by atoms with van der Waals surface area (Å²) in [6, 6.07) is 10.5. The van der Waals surface area contributed by atoms with E-state index < -0.39 is 0 Å². The Morgan fingerprint density at radius 3 is 2.12 bits per heavy atom. The van der Waals surface area contributed by atoms with E-state index in [0.717, 1.165) is 6.42 Å². The quantitative estimate of drug-likeness (QED) is 0.467. The second kappa shape index (κ2) is 9.04. The topological polar surface area (TPSA) is 0 Å². The normalized spacial score (nSPS) is 10.4. The van der Waals surface area contributed by atoms with Gasteiger partial charge in [0.2, 0.25) is 0 Å². The van der Waals surface area contributed by atoms with Crippen molar-refractivity contribution >= 4 is 5.57 Å². The van der Waals surface area contributed by atoms with Gasteiger partial charge in [0.15, 0.2) is 0 Å². The molecule has 1 aromatic rings. The summed E-state index contributed by atoms with van der Waals surface area (Å²) in [5, 5.41) is 0. The third-order valence-corrected chi connectivity index (χ3v) is 3.26. The fourth-order valence-electron chi connectivity index (χ4n) is 2.11. The largest absolute Gasteiger partial charge is 0.0952 e. The van der Waals surface area contributed by atoms with Gasteiger partial charge in [-0.3, -0.25) is 0 Å². The third-order valence-electron chi connectivity index (χ3n) is 3.26. The Kier molecular flexibility index (Phi) is 7.46. The van der Waals surface area contributed by atoms with Crippen molar-refractivity contribution < 1.29 is 0 Å². The second-order valence-electron chi connectivity index (χ2n) is 4.84. The van der Waals surface area contributed by atoms with Crippen LogP contribution in [0.3, 0.4) is 0 Å². The number of rotatable bonds is 9. The number of allylic oxidation sites excluding steroid dienone is 1. The lowest BCUT2D eigenvalue weighted by atomic mass is 10.0. The first-order valence-corrected chi connectivity index (χ1v) is 7.07. The van der Waals surface area contributed by atoms with Gasteiger partial charge in [-0.05, 0) is 24.0 Å². The average Bonchev–Trinajstić information content (AvgIpc) is 2.38. The number of hydrogen-bond donors (Lipinski definition) is 0. The van der Waals surface area contributed by atoms with Crippen molar-refractivity contribution in [3.8, 4) is 0 Å². The standard InChI is InChI=1S/C17H26/c1-3-4-5-6-7-8-10-13-16(2)17-14-11-9-12-15-17/h9,11-12,14-15H,2-8,10,13H2,1H3. The van der Waals surface area contributed by atoms with Gasteiger partial charge in [0.25, 0.3) is 0 Å². The van der Waals surface area contributed by atoms with Crippen molar-refractivity contribution in [1.29, 1.82) is 0 Å². The SMILES string of the molecule is C=C(CCCCCCCCC)c1ccccc1. The Balaban J connectivity index is 2.05. The molecule has 0 fully saturated rings. The van der Waals surface area contributed by atoms with Crippen LogP contribution in [0.4, 0.5) is 0 Å². The van der Waals surface area contributed by atoms with Gasteiger partial charge in [0.1, 0.15) is 0 Å². The molecule has 17 heavy (non-hydrogen) atoms. The lowest BCUT2D eigenvalue weighted by Gasteiger charge is -2.05. The van der Waals surface area contributed by atoms with E-state index in [4.69, 9.17) is 0 Å². The fourth-order valence-corrected chi connectivity index (χ4v) is 2.11. The molecule has 0 aromatic heterocycles. The molecule has 0 nitrogen and oxygen atoms in total. The molecule has 0 aliphatic carbocycles. The highest BCUT2D eigenvalue weighted by Crippen LogP contribution is 2.19. The minimum Gasteiger partial charge on any atom is -0.0952 e. The molecular formula is C17H26. The van der Waals surface area contributed by atoms with Crippen LogP contribution in [0.15, 0.2) is 36.9 Å². The van der Waals surface area contributed by atoms with E-state index in [9.17, 15) is 0 Å². The van der Waals surface area contributed by atoms with Gasteiger partial charge in [-0.25, -0.2) is 0 Å². The molecule has 0 unspecified atom stereocenters. The first-order chi connectivity index (χ1) is 8.34. The van der Waals surface area contributed by atoms with Crippen LogP contribution < -0.4 is 0 Å². The Bertz CT molecular complexity index is 297. The van der Waals surface area contributed by atoms with E-state index in [-0.39, 0.29) is 0 Å².